The third-order valence-corrected chi connectivity index (χ3v) is 5.96. The minimum Gasteiger partial charge on any atom is -0.497 e. The van der Waals surface area contributed by atoms with E-state index in [2.05, 4.69) is 24.8 Å². The number of ether oxygens (including phenoxy) is 1. The molecular formula is C25H25FO. The molecule has 27 heavy (non-hydrogen) atoms. The van der Waals surface area contributed by atoms with Crippen LogP contribution in [0.2, 0.25) is 0 Å². The summed E-state index contributed by atoms with van der Waals surface area (Å²) in [4.78, 5) is 0. The van der Waals surface area contributed by atoms with Crippen LogP contribution in [0.15, 0.2) is 67.3 Å². The second-order valence-corrected chi connectivity index (χ2v) is 7.48. The van der Waals surface area contributed by atoms with Gasteiger partial charge in [0.05, 0.1) is 7.11 Å². The van der Waals surface area contributed by atoms with Gasteiger partial charge in [0.15, 0.2) is 0 Å². The van der Waals surface area contributed by atoms with E-state index in [0.717, 1.165) is 16.7 Å². The lowest BCUT2D eigenvalue weighted by Crippen LogP contribution is -2.11. The summed E-state index contributed by atoms with van der Waals surface area (Å²) in [6, 6.07) is 17.7. The first-order valence-electron chi connectivity index (χ1n) is 9.68. The largest absolute Gasteiger partial charge is 0.497 e. The summed E-state index contributed by atoms with van der Waals surface area (Å²) in [5.41, 5.74) is 2.83. The molecule has 0 amide bonds. The molecule has 2 heteroatoms. The number of allylic oxidation sites excluding steroid dienone is 1. The summed E-state index contributed by atoms with van der Waals surface area (Å²) in [7, 11) is 1.63. The highest BCUT2D eigenvalue weighted by Crippen LogP contribution is 2.38. The molecule has 1 aliphatic carbocycles. The van der Waals surface area contributed by atoms with Crippen molar-refractivity contribution in [1.29, 1.82) is 0 Å². The average molecular weight is 360 g/mol. The molecule has 1 aliphatic rings. The molecule has 0 aliphatic heterocycles. The first-order valence-corrected chi connectivity index (χ1v) is 9.68. The van der Waals surface area contributed by atoms with E-state index in [4.69, 9.17) is 4.74 Å². The average Bonchev–Trinajstić information content (AvgIpc) is 2.74. The van der Waals surface area contributed by atoms with Gasteiger partial charge in [0.2, 0.25) is 0 Å². The van der Waals surface area contributed by atoms with Gasteiger partial charge in [-0.2, -0.15) is 0 Å². The minimum atomic E-state index is -0.153. The van der Waals surface area contributed by atoms with E-state index in [1.54, 1.807) is 7.11 Å². The van der Waals surface area contributed by atoms with Crippen molar-refractivity contribution in [2.75, 3.05) is 7.11 Å². The number of methoxy groups -OCH3 is 1. The smallest absolute Gasteiger partial charge is 0.138 e. The zero-order valence-corrected chi connectivity index (χ0v) is 15.7. The molecule has 0 radical (unpaired) electrons. The fourth-order valence-corrected chi connectivity index (χ4v) is 4.25. The Morgan fingerprint density at radius 3 is 2.37 bits per heavy atom. The standard InChI is InChI=1S/C25H25FO/c1-3-17-4-6-18(7-5-17)20-10-14-24-21(16-20)11-15-23(25(24)26)19-8-12-22(27-2)13-9-19/h3,8-18H,1,4-7H2,2H3. The Balaban J connectivity index is 1.65. The van der Waals surface area contributed by atoms with Crippen LogP contribution in [0.4, 0.5) is 4.39 Å². The Hall–Kier alpha value is -2.61. The Morgan fingerprint density at radius 2 is 1.70 bits per heavy atom. The second-order valence-electron chi connectivity index (χ2n) is 7.48. The Morgan fingerprint density at radius 1 is 0.963 bits per heavy atom. The van der Waals surface area contributed by atoms with Crippen molar-refractivity contribution >= 4 is 10.8 Å². The van der Waals surface area contributed by atoms with Crippen molar-refractivity contribution in [2.24, 2.45) is 5.92 Å². The maximum Gasteiger partial charge on any atom is 0.138 e. The van der Waals surface area contributed by atoms with Crippen molar-refractivity contribution in [3.63, 3.8) is 0 Å². The zero-order valence-electron chi connectivity index (χ0n) is 15.7. The van der Waals surface area contributed by atoms with Crippen LogP contribution in [0.1, 0.15) is 37.2 Å². The number of rotatable bonds is 4. The fourth-order valence-electron chi connectivity index (χ4n) is 4.25. The maximum absolute atomic E-state index is 15.2. The van der Waals surface area contributed by atoms with Gasteiger partial charge in [0.25, 0.3) is 0 Å². The van der Waals surface area contributed by atoms with E-state index >= 15 is 4.39 Å². The van der Waals surface area contributed by atoms with Crippen molar-refractivity contribution < 1.29 is 9.13 Å². The lowest BCUT2D eigenvalue weighted by molar-refractivity contribution is 0.376. The fraction of sp³-hybridized carbons (Fsp3) is 0.280. The lowest BCUT2D eigenvalue weighted by Gasteiger charge is -2.27. The summed E-state index contributed by atoms with van der Waals surface area (Å²) < 4.78 is 20.4. The zero-order chi connectivity index (χ0) is 18.8. The number of hydrogen-bond donors (Lipinski definition) is 0. The molecule has 0 unspecified atom stereocenters. The van der Waals surface area contributed by atoms with Gasteiger partial charge in [0, 0.05) is 10.9 Å². The quantitative estimate of drug-likeness (QED) is 0.450. The van der Waals surface area contributed by atoms with Gasteiger partial charge in [-0.1, -0.05) is 48.5 Å². The molecule has 3 aromatic carbocycles. The number of benzene rings is 3. The van der Waals surface area contributed by atoms with Crippen molar-refractivity contribution in [1.82, 2.24) is 0 Å². The molecule has 0 N–H and O–H groups in total. The van der Waals surface area contributed by atoms with Crippen LogP contribution in [0.3, 0.4) is 0 Å². The molecule has 0 aromatic heterocycles. The highest BCUT2D eigenvalue weighted by molar-refractivity contribution is 5.89. The first-order chi connectivity index (χ1) is 13.2. The highest BCUT2D eigenvalue weighted by Gasteiger charge is 2.21. The molecule has 1 saturated carbocycles. The number of hydrogen-bond acceptors (Lipinski definition) is 1. The van der Waals surface area contributed by atoms with Crippen LogP contribution in [-0.4, -0.2) is 7.11 Å². The minimum absolute atomic E-state index is 0.153. The third kappa shape index (κ3) is 3.49. The summed E-state index contributed by atoms with van der Waals surface area (Å²) >= 11 is 0. The van der Waals surface area contributed by atoms with Gasteiger partial charge in [-0.25, -0.2) is 4.39 Å². The van der Waals surface area contributed by atoms with Gasteiger partial charge >= 0.3 is 0 Å². The van der Waals surface area contributed by atoms with Gasteiger partial charge in [-0.15, -0.1) is 6.58 Å². The van der Waals surface area contributed by atoms with Crippen LogP contribution >= 0.6 is 0 Å². The third-order valence-electron chi connectivity index (χ3n) is 5.96. The predicted octanol–water partition coefficient (Wildman–Crippen LogP) is 7.11. The maximum atomic E-state index is 15.2. The van der Waals surface area contributed by atoms with Crippen LogP contribution in [0, 0.1) is 11.7 Å². The van der Waals surface area contributed by atoms with Gasteiger partial charge in [-0.05, 0) is 66.2 Å². The molecule has 138 valence electrons. The monoisotopic (exact) mass is 360 g/mol. The van der Waals surface area contributed by atoms with E-state index in [1.807, 2.05) is 42.5 Å². The molecule has 0 heterocycles. The van der Waals surface area contributed by atoms with Crippen LogP contribution in [0.25, 0.3) is 21.9 Å². The molecule has 1 fully saturated rings. The molecular weight excluding hydrogens is 335 g/mol. The molecule has 3 aromatic rings. The topological polar surface area (TPSA) is 9.23 Å². The summed E-state index contributed by atoms with van der Waals surface area (Å²) in [6.07, 6.45) is 6.88. The van der Waals surface area contributed by atoms with E-state index in [0.29, 0.717) is 22.8 Å². The summed E-state index contributed by atoms with van der Waals surface area (Å²) in [5, 5.41) is 1.67. The molecule has 0 atom stereocenters. The first kappa shape index (κ1) is 17.8. The lowest BCUT2D eigenvalue weighted by atomic mass is 9.78. The SMILES string of the molecule is C=CC1CCC(c2ccc3c(F)c(-c4ccc(OC)cc4)ccc3c2)CC1. The molecule has 0 saturated heterocycles. The van der Waals surface area contributed by atoms with E-state index in [1.165, 1.54) is 31.2 Å². The Bertz CT molecular complexity index is 950. The van der Waals surface area contributed by atoms with Crippen LogP contribution in [-0.2, 0) is 0 Å². The van der Waals surface area contributed by atoms with Gasteiger partial charge < -0.3 is 4.74 Å². The Kier molecular flexibility index (Phi) is 4.98. The van der Waals surface area contributed by atoms with Crippen LogP contribution in [0.5, 0.6) is 5.75 Å². The number of fused-ring (bicyclic) bond motifs is 1. The van der Waals surface area contributed by atoms with E-state index in [-0.39, 0.29) is 5.82 Å². The van der Waals surface area contributed by atoms with Crippen molar-refractivity contribution in [2.45, 2.75) is 31.6 Å². The van der Waals surface area contributed by atoms with Crippen molar-refractivity contribution in [3.8, 4) is 16.9 Å². The second kappa shape index (κ2) is 7.56. The summed E-state index contributed by atoms with van der Waals surface area (Å²) in [6.45, 7) is 3.93. The molecule has 0 bridgehead atoms. The van der Waals surface area contributed by atoms with Gasteiger partial charge in [-0.3, -0.25) is 0 Å². The Labute approximate surface area is 160 Å². The van der Waals surface area contributed by atoms with Crippen molar-refractivity contribution in [3.05, 3.63) is 78.6 Å². The predicted molar refractivity (Wildman–Crippen MR) is 111 cm³/mol. The van der Waals surface area contributed by atoms with E-state index in [9.17, 15) is 0 Å². The molecule has 0 spiro atoms. The van der Waals surface area contributed by atoms with Gasteiger partial charge in [0.1, 0.15) is 11.6 Å². The van der Waals surface area contributed by atoms with E-state index < -0.39 is 0 Å². The molecule has 4 rings (SSSR count). The highest BCUT2D eigenvalue weighted by atomic mass is 19.1. The van der Waals surface area contributed by atoms with Crippen LogP contribution < -0.4 is 4.74 Å². The summed E-state index contributed by atoms with van der Waals surface area (Å²) in [5.74, 6) is 1.86. The normalized spacial score (nSPS) is 19.8. The number of halogens is 1. The molecule has 1 nitrogen and oxygen atoms in total.